The molecule has 0 spiro atoms. The molecular formula is C20H29N3O2S. The Balaban J connectivity index is 1.58. The van der Waals surface area contributed by atoms with E-state index in [2.05, 4.69) is 39.9 Å². The standard InChI is InChI=1S/C20H29N3O2S/c1-23-18-14-16(26-13-3-4-20(24)25-2)6-7-17(18)22-19(23)8-5-15-9-11-21-12-10-15/h6-7,14-15,21H,3-5,8-13H2,1-2H3. The zero-order valence-corrected chi connectivity index (χ0v) is 16.6. The molecule has 0 atom stereocenters. The van der Waals surface area contributed by atoms with E-state index in [9.17, 15) is 4.79 Å². The van der Waals surface area contributed by atoms with Crippen LogP contribution in [0.15, 0.2) is 23.1 Å². The van der Waals surface area contributed by atoms with Crippen molar-refractivity contribution in [3.8, 4) is 0 Å². The van der Waals surface area contributed by atoms with Crippen molar-refractivity contribution in [3.05, 3.63) is 24.0 Å². The quantitative estimate of drug-likeness (QED) is 0.434. The van der Waals surface area contributed by atoms with Gasteiger partial charge in [0.05, 0.1) is 18.1 Å². The lowest BCUT2D eigenvalue weighted by atomic mass is 9.93. The fraction of sp³-hybridized carbons (Fsp3) is 0.600. The molecule has 5 nitrogen and oxygen atoms in total. The number of fused-ring (bicyclic) bond motifs is 1. The second kappa shape index (κ2) is 9.42. The first-order chi connectivity index (χ1) is 12.7. The van der Waals surface area contributed by atoms with E-state index in [0.29, 0.717) is 6.42 Å². The van der Waals surface area contributed by atoms with Crippen LogP contribution in [0.2, 0.25) is 0 Å². The Bertz CT molecular complexity index is 738. The summed E-state index contributed by atoms with van der Waals surface area (Å²) in [6.07, 6.45) is 6.18. The molecule has 2 aromatic rings. The fourth-order valence-electron chi connectivity index (χ4n) is 3.55. The maximum Gasteiger partial charge on any atom is 0.305 e. The number of aromatic nitrogens is 2. The molecule has 26 heavy (non-hydrogen) atoms. The third kappa shape index (κ3) is 5.01. The maximum atomic E-state index is 11.2. The van der Waals surface area contributed by atoms with Crippen LogP contribution in [0.5, 0.6) is 0 Å². The average Bonchev–Trinajstić information content (AvgIpc) is 2.99. The first kappa shape index (κ1) is 19.2. The maximum absolute atomic E-state index is 11.2. The summed E-state index contributed by atoms with van der Waals surface area (Å²) in [7, 11) is 3.56. The first-order valence-electron chi connectivity index (χ1n) is 9.53. The summed E-state index contributed by atoms with van der Waals surface area (Å²) < 4.78 is 6.93. The smallest absolute Gasteiger partial charge is 0.305 e. The molecule has 1 fully saturated rings. The number of methoxy groups -OCH3 is 1. The highest BCUT2D eigenvalue weighted by atomic mass is 32.2. The van der Waals surface area contributed by atoms with E-state index < -0.39 is 0 Å². The molecule has 3 rings (SSSR count). The minimum Gasteiger partial charge on any atom is -0.469 e. The Kier molecular flexibility index (Phi) is 6.97. The summed E-state index contributed by atoms with van der Waals surface area (Å²) in [6.45, 7) is 2.31. The highest BCUT2D eigenvalue weighted by Gasteiger charge is 2.15. The lowest BCUT2D eigenvalue weighted by Gasteiger charge is -2.22. The number of hydrogen-bond donors (Lipinski definition) is 1. The zero-order valence-electron chi connectivity index (χ0n) is 15.8. The van der Waals surface area contributed by atoms with Crippen molar-refractivity contribution in [2.45, 2.75) is 43.4 Å². The summed E-state index contributed by atoms with van der Waals surface area (Å²) in [4.78, 5) is 17.3. The van der Waals surface area contributed by atoms with Crippen LogP contribution in [0.1, 0.15) is 37.9 Å². The monoisotopic (exact) mass is 375 g/mol. The van der Waals surface area contributed by atoms with E-state index in [-0.39, 0.29) is 5.97 Å². The summed E-state index contributed by atoms with van der Waals surface area (Å²) >= 11 is 1.79. The molecule has 1 aliphatic rings. The van der Waals surface area contributed by atoms with Crippen LogP contribution >= 0.6 is 11.8 Å². The van der Waals surface area contributed by atoms with Gasteiger partial charge in [-0.3, -0.25) is 4.79 Å². The number of esters is 1. The summed E-state index contributed by atoms with van der Waals surface area (Å²) in [6, 6.07) is 6.47. The second-order valence-electron chi connectivity index (χ2n) is 7.00. The third-order valence-corrected chi connectivity index (χ3v) is 6.28. The lowest BCUT2D eigenvalue weighted by Crippen LogP contribution is -2.28. The van der Waals surface area contributed by atoms with Gasteiger partial charge in [-0.25, -0.2) is 4.98 Å². The average molecular weight is 376 g/mol. The van der Waals surface area contributed by atoms with Gasteiger partial charge in [0.15, 0.2) is 0 Å². The fourth-order valence-corrected chi connectivity index (χ4v) is 4.43. The van der Waals surface area contributed by atoms with E-state index in [1.165, 1.54) is 42.6 Å². The molecular weight excluding hydrogens is 346 g/mol. The molecule has 0 bridgehead atoms. The predicted molar refractivity (Wildman–Crippen MR) is 107 cm³/mol. The number of piperidine rings is 1. The van der Waals surface area contributed by atoms with Crippen molar-refractivity contribution >= 4 is 28.8 Å². The van der Waals surface area contributed by atoms with E-state index in [0.717, 1.165) is 43.1 Å². The molecule has 6 heteroatoms. The lowest BCUT2D eigenvalue weighted by molar-refractivity contribution is -0.140. The molecule has 0 unspecified atom stereocenters. The van der Waals surface area contributed by atoms with Gasteiger partial charge in [-0.1, -0.05) is 0 Å². The van der Waals surface area contributed by atoms with Crippen LogP contribution in [0.4, 0.5) is 0 Å². The molecule has 1 saturated heterocycles. The summed E-state index contributed by atoms with van der Waals surface area (Å²) in [5.74, 6) is 2.80. The number of carbonyl (C=O) groups is 1. The Morgan fingerprint density at radius 2 is 2.19 bits per heavy atom. The van der Waals surface area contributed by atoms with Crippen molar-refractivity contribution in [1.29, 1.82) is 0 Å². The Morgan fingerprint density at radius 1 is 1.38 bits per heavy atom. The Labute approximate surface area is 159 Å². The molecule has 0 radical (unpaired) electrons. The van der Waals surface area contributed by atoms with Crippen LogP contribution in [0.25, 0.3) is 11.0 Å². The number of benzene rings is 1. The predicted octanol–water partition coefficient (Wildman–Crippen LogP) is 3.55. The minimum atomic E-state index is -0.133. The summed E-state index contributed by atoms with van der Waals surface area (Å²) in [5.41, 5.74) is 2.27. The normalized spacial score (nSPS) is 15.5. The van der Waals surface area contributed by atoms with Gasteiger partial charge in [0, 0.05) is 24.8 Å². The van der Waals surface area contributed by atoms with Crippen LogP contribution in [-0.4, -0.2) is 41.5 Å². The molecule has 1 aromatic carbocycles. The highest BCUT2D eigenvalue weighted by molar-refractivity contribution is 7.99. The van der Waals surface area contributed by atoms with Crippen molar-refractivity contribution in [2.24, 2.45) is 13.0 Å². The topological polar surface area (TPSA) is 56.1 Å². The number of nitrogens with one attached hydrogen (secondary N) is 1. The molecule has 1 N–H and O–H groups in total. The number of aryl methyl sites for hydroxylation is 2. The van der Waals surface area contributed by atoms with E-state index in [4.69, 9.17) is 4.98 Å². The number of imidazole rings is 1. The molecule has 1 aromatic heterocycles. The van der Waals surface area contributed by atoms with Crippen molar-refractivity contribution < 1.29 is 9.53 Å². The van der Waals surface area contributed by atoms with Crippen molar-refractivity contribution in [1.82, 2.24) is 14.9 Å². The van der Waals surface area contributed by atoms with E-state index >= 15 is 0 Å². The van der Waals surface area contributed by atoms with Crippen molar-refractivity contribution in [3.63, 3.8) is 0 Å². The van der Waals surface area contributed by atoms with Crippen LogP contribution in [-0.2, 0) is 23.0 Å². The van der Waals surface area contributed by atoms with Gasteiger partial charge in [0.25, 0.3) is 0 Å². The largest absolute Gasteiger partial charge is 0.469 e. The number of rotatable bonds is 8. The zero-order chi connectivity index (χ0) is 18.4. The molecule has 1 aliphatic heterocycles. The Hall–Kier alpha value is -1.53. The second-order valence-corrected chi connectivity index (χ2v) is 8.17. The van der Waals surface area contributed by atoms with E-state index in [1.54, 1.807) is 11.8 Å². The van der Waals surface area contributed by atoms with Gasteiger partial charge in [0.2, 0.25) is 0 Å². The number of ether oxygens (including phenoxy) is 1. The molecule has 2 heterocycles. The van der Waals surface area contributed by atoms with Crippen LogP contribution in [0, 0.1) is 5.92 Å². The van der Waals surface area contributed by atoms with Gasteiger partial charge in [0.1, 0.15) is 5.82 Å². The molecule has 0 saturated carbocycles. The minimum absolute atomic E-state index is 0.133. The highest BCUT2D eigenvalue weighted by Crippen LogP contribution is 2.26. The van der Waals surface area contributed by atoms with Gasteiger partial charge in [-0.2, -0.15) is 0 Å². The van der Waals surface area contributed by atoms with Gasteiger partial charge < -0.3 is 14.6 Å². The number of hydrogen-bond acceptors (Lipinski definition) is 5. The number of thioether (sulfide) groups is 1. The molecule has 0 aliphatic carbocycles. The Morgan fingerprint density at radius 3 is 2.96 bits per heavy atom. The van der Waals surface area contributed by atoms with E-state index in [1.807, 2.05) is 0 Å². The van der Waals surface area contributed by atoms with Crippen LogP contribution in [0.3, 0.4) is 0 Å². The van der Waals surface area contributed by atoms with Gasteiger partial charge in [-0.05, 0) is 68.6 Å². The SMILES string of the molecule is COC(=O)CCCSc1ccc2nc(CCC3CCNCC3)n(C)c2c1. The van der Waals surface area contributed by atoms with Crippen molar-refractivity contribution in [2.75, 3.05) is 26.0 Å². The molecule has 0 amide bonds. The summed E-state index contributed by atoms with van der Waals surface area (Å²) in [5, 5.41) is 3.43. The first-order valence-corrected chi connectivity index (χ1v) is 10.5. The van der Waals surface area contributed by atoms with Gasteiger partial charge in [-0.15, -0.1) is 11.8 Å². The molecule has 142 valence electrons. The third-order valence-electron chi connectivity index (χ3n) is 5.20. The van der Waals surface area contributed by atoms with Crippen LogP contribution < -0.4 is 5.32 Å². The number of nitrogens with zero attached hydrogens (tertiary/aromatic N) is 2. The van der Waals surface area contributed by atoms with Gasteiger partial charge >= 0.3 is 5.97 Å². The number of carbonyl (C=O) groups excluding carboxylic acids is 1.